The van der Waals surface area contributed by atoms with Crippen molar-refractivity contribution in [2.45, 2.75) is 18.5 Å². The van der Waals surface area contributed by atoms with Gasteiger partial charge in [0.25, 0.3) is 5.56 Å². The van der Waals surface area contributed by atoms with Gasteiger partial charge in [0.2, 0.25) is 0 Å². The Balaban J connectivity index is 2.58. The molecule has 0 unspecified atom stereocenters. The molecule has 0 atom stereocenters. The summed E-state index contributed by atoms with van der Waals surface area (Å²) in [5.41, 5.74) is 1.24. The lowest BCUT2D eigenvalue weighted by molar-refractivity contribution is -0.133. The zero-order valence-electron chi connectivity index (χ0n) is 9.79. The fourth-order valence-corrected chi connectivity index (χ4v) is 2.36. The van der Waals surface area contributed by atoms with Crippen LogP contribution in [0, 0.1) is 0 Å². The summed E-state index contributed by atoms with van der Waals surface area (Å²) in [5, 5.41) is 8.88. The normalized spacial score (nSPS) is 10.7. The van der Waals surface area contributed by atoms with Crippen LogP contribution in [0.2, 0.25) is 0 Å². The lowest BCUT2D eigenvalue weighted by Crippen LogP contribution is -2.23. The number of fused-ring (bicyclic) bond motifs is 1. The highest BCUT2D eigenvalue weighted by Gasteiger charge is 2.11. The van der Waals surface area contributed by atoms with Crippen molar-refractivity contribution in [3.63, 3.8) is 0 Å². The third kappa shape index (κ3) is 2.38. The predicted octanol–water partition coefficient (Wildman–Crippen LogP) is 1.59. The Morgan fingerprint density at radius 2 is 2.17 bits per heavy atom. The van der Waals surface area contributed by atoms with E-state index in [9.17, 15) is 9.59 Å². The second-order valence-electron chi connectivity index (χ2n) is 3.64. The Morgan fingerprint density at radius 1 is 1.44 bits per heavy atom. The average molecular weight is 264 g/mol. The largest absolute Gasteiger partial charge is 0.481 e. The van der Waals surface area contributed by atoms with E-state index in [4.69, 9.17) is 5.11 Å². The molecule has 0 saturated carbocycles. The fourth-order valence-electron chi connectivity index (χ4n) is 1.71. The number of para-hydroxylation sites is 2. The maximum Gasteiger partial charge on any atom is 0.313 e. The number of rotatable bonds is 4. The number of nitrogens with zero attached hydrogens (tertiary/aromatic N) is 2. The number of carboxylic acids is 1. The van der Waals surface area contributed by atoms with Gasteiger partial charge in [0, 0.05) is 6.54 Å². The number of hydrogen-bond acceptors (Lipinski definition) is 4. The van der Waals surface area contributed by atoms with Gasteiger partial charge in [0.15, 0.2) is 5.03 Å². The zero-order valence-corrected chi connectivity index (χ0v) is 10.6. The lowest BCUT2D eigenvalue weighted by atomic mass is 10.3. The number of aryl methyl sites for hydroxylation is 1. The van der Waals surface area contributed by atoms with Gasteiger partial charge in [-0.05, 0) is 19.1 Å². The molecule has 0 amide bonds. The standard InChI is InChI=1S/C12H12N2O3S/c1-2-14-9-6-4-3-5-8(9)13-11(12(14)17)18-7-10(15)16/h3-6H,2,7H2,1H3,(H,15,16). The highest BCUT2D eigenvalue weighted by atomic mass is 32.2. The van der Waals surface area contributed by atoms with Gasteiger partial charge in [-0.15, -0.1) is 0 Å². The molecule has 2 aromatic rings. The monoisotopic (exact) mass is 264 g/mol. The van der Waals surface area contributed by atoms with Crippen LogP contribution in [0.5, 0.6) is 0 Å². The topological polar surface area (TPSA) is 72.2 Å². The number of aliphatic carboxylic acids is 1. The van der Waals surface area contributed by atoms with Crippen LogP contribution in [0.25, 0.3) is 11.0 Å². The number of thioether (sulfide) groups is 1. The van der Waals surface area contributed by atoms with Crippen LogP contribution in [-0.4, -0.2) is 26.4 Å². The van der Waals surface area contributed by atoms with Crippen molar-refractivity contribution in [1.29, 1.82) is 0 Å². The molecular weight excluding hydrogens is 252 g/mol. The molecule has 94 valence electrons. The van der Waals surface area contributed by atoms with Crippen LogP contribution >= 0.6 is 11.8 Å². The summed E-state index contributed by atoms with van der Waals surface area (Å²) in [6.45, 7) is 2.40. The van der Waals surface area contributed by atoms with E-state index >= 15 is 0 Å². The molecule has 0 aliphatic rings. The summed E-state index contributed by atoms with van der Waals surface area (Å²) in [5.74, 6) is -1.12. The Morgan fingerprint density at radius 3 is 2.83 bits per heavy atom. The molecule has 18 heavy (non-hydrogen) atoms. The maximum absolute atomic E-state index is 12.1. The molecule has 1 aromatic heterocycles. The second-order valence-corrected chi connectivity index (χ2v) is 4.60. The molecule has 1 heterocycles. The van der Waals surface area contributed by atoms with Gasteiger partial charge < -0.3 is 9.67 Å². The van der Waals surface area contributed by atoms with Crippen molar-refractivity contribution < 1.29 is 9.90 Å². The van der Waals surface area contributed by atoms with Crippen LogP contribution in [0.4, 0.5) is 0 Å². The number of carboxylic acid groups (broad SMARTS) is 1. The first kappa shape index (κ1) is 12.6. The summed E-state index contributed by atoms with van der Waals surface area (Å²) in [6.07, 6.45) is 0. The molecular formula is C12H12N2O3S. The van der Waals surface area contributed by atoms with Gasteiger partial charge in [-0.3, -0.25) is 9.59 Å². The number of carbonyl (C=O) groups is 1. The fraction of sp³-hybridized carbons (Fsp3) is 0.250. The minimum atomic E-state index is -0.961. The van der Waals surface area contributed by atoms with Crippen molar-refractivity contribution in [2.24, 2.45) is 0 Å². The van der Waals surface area contributed by atoms with Crippen LogP contribution in [0.3, 0.4) is 0 Å². The van der Waals surface area contributed by atoms with Crippen molar-refractivity contribution in [3.8, 4) is 0 Å². The molecule has 0 aliphatic heterocycles. The highest BCUT2D eigenvalue weighted by molar-refractivity contribution is 7.99. The molecule has 0 fully saturated rings. The minimum absolute atomic E-state index is 0.162. The SMILES string of the molecule is CCn1c(=O)c(SCC(=O)O)nc2ccccc21. The molecule has 1 aromatic carbocycles. The van der Waals surface area contributed by atoms with Crippen LogP contribution in [0.1, 0.15) is 6.92 Å². The first-order chi connectivity index (χ1) is 8.63. The highest BCUT2D eigenvalue weighted by Crippen LogP contribution is 2.16. The Labute approximate surface area is 107 Å². The summed E-state index contributed by atoms with van der Waals surface area (Å²) >= 11 is 0.956. The van der Waals surface area contributed by atoms with Crippen molar-refractivity contribution in [3.05, 3.63) is 34.6 Å². The second kappa shape index (κ2) is 5.22. The predicted molar refractivity (Wildman–Crippen MR) is 70.0 cm³/mol. The van der Waals surface area contributed by atoms with E-state index in [-0.39, 0.29) is 16.3 Å². The lowest BCUT2D eigenvalue weighted by Gasteiger charge is -2.09. The van der Waals surface area contributed by atoms with Gasteiger partial charge in [0.1, 0.15) is 0 Å². The minimum Gasteiger partial charge on any atom is -0.481 e. The van der Waals surface area contributed by atoms with E-state index in [1.54, 1.807) is 4.57 Å². The van der Waals surface area contributed by atoms with E-state index in [1.165, 1.54) is 0 Å². The molecule has 0 bridgehead atoms. The third-order valence-corrected chi connectivity index (χ3v) is 3.40. The van der Waals surface area contributed by atoms with Gasteiger partial charge in [-0.25, -0.2) is 4.98 Å². The molecule has 2 rings (SSSR count). The number of aromatic nitrogens is 2. The molecule has 0 saturated heterocycles. The zero-order chi connectivity index (χ0) is 13.1. The van der Waals surface area contributed by atoms with E-state index in [1.807, 2.05) is 31.2 Å². The van der Waals surface area contributed by atoms with Crippen LogP contribution in [-0.2, 0) is 11.3 Å². The first-order valence-electron chi connectivity index (χ1n) is 5.47. The Bertz CT molecular complexity index is 651. The molecule has 0 radical (unpaired) electrons. The van der Waals surface area contributed by atoms with E-state index in [0.29, 0.717) is 12.1 Å². The third-order valence-electron chi connectivity index (χ3n) is 2.47. The van der Waals surface area contributed by atoms with Gasteiger partial charge >= 0.3 is 5.97 Å². The summed E-state index contributed by atoms with van der Waals surface area (Å²) in [7, 11) is 0. The van der Waals surface area contributed by atoms with Crippen LogP contribution < -0.4 is 5.56 Å². The van der Waals surface area contributed by atoms with Crippen molar-refractivity contribution in [2.75, 3.05) is 5.75 Å². The maximum atomic E-state index is 12.1. The summed E-state index contributed by atoms with van der Waals surface area (Å²) < 4.78 is 1.60. The Kier molecular flexibility index (Phi) is 3.66. The van der Waals surface area contributed by atoms with Crippen molar-refractivity contribution >= 4 is 28.8 Å². The van der Waals surface area contributed by atoms with Gasteiger partial charge in [0.05, 0.1) is 16.8 Å². The Hall–Kier alpha value is -1.82. The van der Waals surface area contributed by atoms with Crippen LogP contribution in [0.15, 0.2) is 34.1 Å². The van der Waals surface area contributed by atoms with Gasteiger partial charge in [-0.2, -0.15) is 0 Å². The van der Waals surface area contributed by atoms with E-state index in [0.717, 1.165) is 17.3 Å². The molecule has 5 nitrogen and oxygen atoms in total. The summed E-state index contributed by atoms with van der Waals surface area (Å²) in [4.78, 5) is 26.9. The quantitative estimate of drug-likeness (QED) is 0.849. The molecule has 0 spiro atoms. The smallest absolute Gasteiger partial charge is 0.313 e. The van der Waals surface area contributed by atoms with E-state index < -0.39 is 5.97 Å². The molecule has 1 N–H and O–H groups in total. The first-order valence-corrected chi connectivity index (χ1v) is 6.46. The number of hydrogen-bond donors (Lipinski definition) is 1. The number of benzene rings is 1. The molecule has 0 aliphatic carbocycles. The average Bonchev–Trinajstić information content (AvgIpc) is 2.36. The van der Waals surface area contributed by atoms with E-state index in [2.05, 4.69) is 4.98 Å². The molecule has 6 heteroatoms. The summed E-state index contributed by atoms with van der Waals surface area (Å²) in [6, 6.07) is 7.33. The van der Waals surface area contributed by atoms with Crippen molar-refractivity contribution in [1.82, 2.24) is 9.55 Å². The van der Waals surface area contributed by atoms with Gasteiger partial charge in [-0.1, -0.05) is 23.9 Å².